The smallest absolute Gasteiger partial charge is 0.173 e. The molecule has 0 aliphatic rings. The minimum Gasteiger partial charge on any atom is -0.487 e. The molecular formula is C20H16N6O2. The quantitative estimate of drug-likeness (QED) is 0.556. The highest BCUT2D eigenvalue weighted by Crippen LogP contribution is 2.36. The van der Waals surface area contributed by atoms with Gasteiger partial charge in [-0.25, -0.2) is 4.68 Å². The van der Waals surface area contributed by atoms with Crippen LogP contribution in [0.4, 0.5) is 0 Å². The first kappa shape index (κ1) is 17.3. The Morgan fingerprint density at radius 2 is 1.93 bits per heavy atom. The Kier molecular flexibility index (Phi) is 4.72. The molecule has 28 heavy (non-hydrogen) atoms. The van der Waals surface area contributed by atoms with E-state index < -0.39 is 0 Å². The van der Waals surface area contributed by atoms with E-state index in [0.29, 0.717) is 35.1 Å². The molecule has 0 radical (unpaired) electrons. The SMILES string of the molecule is Cn1nncc1COc1ccccc1-c1n[nH]cc1Oc1ccc(C#N)cc1. The summed E-state index contributed by atoms with van der Waals surface area (Å²) in [6, 6.07) is 16.6. The van der Waals surface area contributed by atoms with Gasteiger partial charge in [0.25, 0.3) is 0 Å². The zero-order valence-corrected chi connectivity index (χ0v) is 15.0. The van der Waals surface area contributed by atoms with Gasteiger partial charge in [-0.15, -0.1) is 5.10 Å². The van der Waals surface area contributed by atoms with Crippen LogP contribution in [0.25, 0.3) is 11.3 Å². The zero-order chi connectivity index (χ0) is 19.3. The lowest BCUT2D eigenvalue weighted by molar-refractivity contribution is 0.296. The summed E-state index contributed by atoms with van der Waals surface area (Å²) in [5.41, 5.74) is 2.85. The van der Waals surface area contributed by atoms with Crippen molar-refractivity contribution in [3.8, 4) is 34.6 Å². The lowest BCUT2D eigenvalue weighted by atomic mass is 10.1. The molecule has 8 heteroatoms. The van der Waals surface area contributed by atoms with Crippen LogP contribution in [0.15, 0.2) is 60.9 Å². The van der Waals surface area contributed by atoms with E-state index in [0.717, 1.165) is 11.3 Å². The van der Waals surface area contributed by atoms with Gasteiger partial charge in [0.05, 0.1) is 29.7 Å². The molecule has 0 aliphatic carbocycles. The molecule has 0 atom stereocenters. The molecule has 4 rings (SSSR count). The molecule has 2 aromatic heterocycles. The third-order valence-electron chi connectivity index (χ3n) is 4.14. The van der Waals surface area contributed by atoms with Crippen molar-refractivity contribution in [1.29, 1.82) is 5.26 Å². The second-order valence-electron chi connectivity index (χ2n) is 5.97. The molecule has 0 spiro atoms. The third-order valence-corrected chi connectivity index (χ3v) is 4.14. The second-order valence-corrected chi connectivity index (χ2v) is 5.97. The molecule has 8 nitrogen and oxygen atoms in total. The Morgan fingerprint density at radius 1 is 1.11 bits per heavy atom. The van der Waals surface area contributed by atoms with E-state index in [-0.39, 0.29) is 0 Å². The minimum atomic E-state index is 0.330. The summed E-state index contributed by atoms with van der Waals surface area (Å²) in [4.78, 5) is 0. The fourth-order valence-electron chi connectivity index (χ4n) is 2.66. The lowest BCUT2D eigenvalue weighted by Crippen LogP contribution is -2.03. The minimum absolute atomic E-state index is 0.330. The van der Waals surface area contributed by atoms with Crippen LogP contribution in [0.2, 0.25) is 0 Å². The van der Waals surface area contributed by atoms with Gasteiger partial charge in [-0.1, -0.05) is 17.3 Å². The average molecular weight is 372 g/mol. The summed E-state index contributed by atoms with van der Waals surface area (Å²) in [6.45, 7) is 0.330. The van der Waals surface area contributed by atoms with E-state index in [2.05, 4.69) is 26.6 Å². The maximum absolute atomic E-state index is 8.92. The van der Waals surface area contributed by atoms with Crippen LogP contribution in [0.5, 0.6) is 17.2 Å². The first-order valence-electron chi connectivity index (χ1n) is 8.52. The van der Waals surface area contributed by atoms with Crippen molar-refractivity contribution in [3.05, 3.63) is 72.2 Å². The Hall–Kier alpha value is -4.12. The van der Waals surface area contributed by atoms with Crippen molar-refractivity contribution < 1.29 is 9.47 Å². The van der Waals surface area contributed by atoms with Gasteiger partial charge in [0.15, 0.2) is 5.75 Å². The number of aromatic amines is 1. The van der Waals surface area contributed by atoms with Crippen molar-refractivity contribution in [1.82, 2.24) is 25.2 Å². The third kappa shape index (κ3) is 3.54. The Balaban J connectivity index is 1.59. The summed E-state index contributed by atoms with van der Waals surface area (Å²) in [5.74, 6) is 1.84. The number of nitriles is 1. The fraction of sp³-hybridized carbons (Fsp3) is 0.100. The number of nitrogens with zero attached hydrogens (tertiary/aromatic N) is 5. The predicted molar refractivity (Wildman–Crippen MR) is 101 cm³/mol. The first-order valence-corrected chi connectivity index (χ1v) is 8.52. The normalized spacial score (nSPS) is 10.4. The van der Waals surface area contributed by atoms with Crippen molar-refractivity contribution in [2.75, 3.05) is 0 Å². The second kappa shape index (κ2) is 7.63. The fourth-order valence-corrected chi connectivity index (χ4v) is 2.66. The number of nitrogens with one attached hydrogen (secondary N) is 1. The molecule has 0 saturated carbocycles. The summed E-state index contributed by atoms with van der Waals surface area (Å²) in [5, 5.41) is 23.8. The van der Waals surface area contributed by atoms with Gasteiger partial charge in [0.1, 0.15) is 23.8 Å². The van der Waals surface area contributed by atoms with Crippen LogP contribution in [0, 0.1) is 11.3 Å². The van der Waals surface area contributed by atoms with Gasteiger partial charge in [-0.3, -0.25) is 5.10 Å². The van der Waals surface area contributed by atoms with E-state index >= 15 is 0 Å². The van der Waals surface area contributed by atoms with E-state index in [1.165, 1.54) is 0 Å². The van der Waals surface area contributed by atoms with Crippen LogP contribution in [0.1, 0.15) is 11.3 Å². The number of benzene rings is 2. The summed E-state index contributed by atoms with van der Waals surface area (Å²) < 4.78 is 13.6. The molecule has 0 bridgehead atoms. The highest BCUT2D eigenvalue weighted by Gasteiger charge is 2.16. The van der Waals surface area contributed by atoms with Gasteiger partial charge in [-0.2, -0.15) is 10.4 Å². The van der Waals surface area contributed by atoms with E-state index in [1.807, 2.05) is 31.3 Å². The van der Waals surface area contributed by atoms with Crippen LogP contribution in [-0.4, -0.2) is 25.2 Å². The topological polar surface area (TPSA) is 102 Å². The van der Waals surface area contributed by atoms with Crippen molar-refractivity contribution in [3.63, 3.8) is 0 Å². The molecule has 0 fully saturated rings. The monoisotopic (exact) mass is 372 g/mol. The van der Waals surface area contributed by atoms with Gasteiger partial charge in [0, 0.05) is 12.6 Å². The van der Waals surface area contributed by atoms with Crippen LogP contribution < -0.4 is 9.47 Å². The van der Waals surface area contributed by atoms with Gasteiger partial charge < -0.3 is 9.47 Å². The zero-order valence-electron chi connectivity index (χ0n) is 15.0. The molecule has 1 N–H and O–H groups in total. The maximum atomic E-state index is 8.92. The summed E-state index contributed by atoms with van der Waals surface area (Å²) in [6.07, 6.45) is 3.34. The molecule has 138 valence electrons. The molecule has 0 unspecified atom stereocenters. The van der Waals surface area contributed by atoms with Crippen LogP contribution in [0.3, 0.4) is 0 Å². The number of hydrogen-bond donors (Lipinski definition) is 1. The number of para-hydroxylation sites is 1. The van der Waals surface area contributed by atoms with Crippen molar-refractivity contribution in [2.45, 2.75) is 6.61 Å². The lowest BCUT2D eigenvalue weighted by Gasteiger charge is -2.11. The largest absolute Gasteiger partial charge is 0.487 e. The number of rotatable bonds is 6. The molecule has 0 saturated heterocycles. The Bertz CT molecular complexity index is 1120. The highest BCUT2D eigenvalue weighted by molar-refractivity contribution is 5.72. The molecule has 2 aromatic carbocycles. The van der Waals surface area contributed by atoms with Crippen molar-refractivity contribution >= 4 is 0 Å². The average Bonchev–Trinajstić information content (AvgIpc) is 3.36. The van der Waals surface area contributed by atoms with Gasteiger partial charge >= 0.3 is 0 Å². The molecule has 0 amide bonds. The van der Waals surface area contributed by atoms with Gasteiger partial charge in [-0.05, 0) is 36.4 Å². The molecule has 2 heterocycles. The summed E-state index contributed by atoms with van der Waals surface area (Å²) in [7, 11) is 1.81. The number of H-pyrrole nitrogens is 1. The number of aromatic nitrogens is 5. The van der Waals surface area contributed by atoms with Crippen molar-refractivity contribution in [2.24, 2.45) is 7.05 Å². The number of ether oxygens (including phenoxy) is 2. The maximum Gasteiger partial charge on any atom is 0.173 e. The molecule has 0 aliphatic heterocycles. The van der Waals surface area contributed by atoms with E-state index in [1.54, 1.807) is 41.3 Å². The highest BCUT2D eigenvalue weighted by atomic mass is 16.5. The van der Waals surface area contributed by atoms with E-state index in [9.17, 15) is 0 Å². The Morgan fingerprint density at radius 3 is 2.68 bits per heavy atom. The standard InChI is InChI=1S/C20H16N6O2/c1-26-15(11-23-25-26)13-27-18-5-3-2-4-17(18)20-19(12-22-24-20)28-16-8-6-14(10-21)7-9-16/h2-9,11-12H,13H2,1H3,(H,22,24). The molecular weight excluding hydrogens is 356 g/mol. The molecule has 4 aromatic rings. The Labute approximate surface area is 161 Å². The van der Waals surface area contributed by atoms with Crippen LogP contribution >= 0.6 is 0 Å². The summed E-state index contributed by atoms with van der Waals surface area (Å²) >= 11 is 0. The van der Waals surface area contributed by atoms with Gasteiger partial charge in [0.2, 0.25) is 0 Å². The number of aryl methyl sites for hydroxylation is 1. The van der Waals surface area contributed by atoms with E-state index in [4.69, 9.17) is 14.7 Å². The van der Waals surface area contributed by atoms with Crippen LogP contribution in [-0.2, 0) is 13.7 Å². The predicted octanol–water partition coefficient (Wildman–Crippen LogP) is 3.45. The number of hydrogen-bond acceptors (Lipinski definition) is 6. The first-order chi connectivity index (χ1) is 13.7.